The van der Waals surface area contributed by atoms with Crippen LogP contribution in [-0.2, 0) is 16.1 Å². The van der Waals surface area contributed by atoms with Crippen LogP contribution in [0.15, 0.2) is 42.5 Å². The number of halogens is 1. The lowest BCUT2D eigenvalue weighted by Gasteiger charge is -2.38. The molecular weight excluding hydrogens is 480 g/mol. The van der Waals surface area contributed by atoms with Gasteiger partial charge in [-0.2, -0.15) is 0 Å². The molecule has 2 aromatic rings. The molecule has 188 valence electrons. The molecule has 0 spiro atoms. The van der Waals surface area contributed by atoms with Gasteiger partial charge in [-0.3, -0.25) is 24.1 Å². The van der Waals surface area contributed by atoms with Crippen LogP contribution in [0.5, 0.6) is 0 Å². The number of imide groups is 1. The number of amides is 4. The van der Waals surface area contributed by atoms with Gasteiger partial charge in [-0.05, 0) is 49.4 Å². The number of anilines is 1. The highest BCUT2D eigenvalue weighted by Gasteiger charge is 2.40. The van der Waals surface area contributed by atoms with Crippen molar-refractivity contribution in [1.29, 1.82) is 0 Å². The number of hydrogen-bond donors (Lipinski definition) is 1. The third-order valence-corrected chi connectivity index (χ3v) is 7.95. The second-order valence-corrected chi connectivity index (χ2v) is 10.2. The summed E-state index contributed by atoms with van der Waals surface area (Å²) in [7, 11) is 0. The molecule has 0 bridgehead atoms. The van der Waals surface area contributed by atoms with E-state index in [1.165, 1.54) is 4.90 Å². The number of nitrogens with two attached hydrogens (primary N) is 1. The second kappa shape index (κ2) is 9.93. The van der Waals surface area contributed by atoms with Crippen LogP contribution in [0.1, 0.15) is 52.0 Å². The summed E-state index contributed by atoms with van der Waals surface area (Å²) in [5.74, 6) is -1.31. The van der Waals surface area contributed by atoms with Gasteiger partial charge in [0.1, 0.15) is 0 Å². The predicted molar refractivity (Wildman–Crippen MR) is 136 cm³/mol. The Labute approximate surface area is 215 Å². The van der Waals surface area contributed by atoms with Gasteiger partial charge in [0, 0.05) is 37.1 Å². The average molecular weight is 509 g/mol. The van der Waals surface area contributed by atoms with Crippen LogP contribution < -0.4 is 10.6 Å². The molecule has 3 aliphatic heterocycles. The quantitative estimate of drug-likeness (QED) is 0.625. The maximum Gasteiger partial charge on any atom is 0.263 e. The zero-order chi connectivity index (χ0) is 25.4. The van der Waals surface area contributed by atoms with Gasteiger partial charge in [0.15, 0.2) is 0 Å². The van der Waals surface area contributed by atoms with Gasteiger partial charge in [-0.25, -0.2) is 0 Å². The van der Waals surface area contributed by atoms with Gasteiger partial charge in [0.25, 0.3) is 11.8 Å². The van der Waals surface area contributed by atoms with Crippen molar-refractivity contribution in [2.75, 3.05) is 31.1 Å². The van der Waals surface area contributed by atoms with Crippen molar-refractivity contribution in [2.24, 2.45) is 17.6 Å². The second-order valence-electron chi connectivity index (χ2n) is 9.77. The van der Waals surface area contributed by atoms with Crippen LogP contribution in [0.4, 0.5) is 5.69 Å². The van der Waals surface area contributed by atoms with Crippen LogP contribution in [0, 0.1) is 11.8 Å². The number of carbonyl (C=O) groups is 4. The molecule has 36 heavy (non-hydrogen) atoms. The van der Waals surface area contributed by atoms with Gasteiger partial charge >= 0.3 is 0 Å². The average Bonchev–Trinajstić information content (AvgIpc) is 3.14. The summed E-state index contributed by atoms with van der Waals surface area (Å²) in [5.41, 5.74) is 7.73. The lowest BCUT2D eigenvalue weighted by atomic mass is 9.91. The van der Waals surface area contributed by atoms with Crippen molar-refractivity contribution in [3.05, 3.63) is 64.2 Å². The third kappa shape index (κ3) is 4.46. The molecule has 0 saturated carbocycles. The molecule has 4 amide bonds. The van der Waals surface area contributed by atoms with Crippen molar-refractivity contribution in [3.63, 3.8) is 0 Å². The zero-order valence-corrected chi connectivity index (χ0v) is 20.7. The van der Waals surface area contributed by atoms with E-state index < -0.39 is 0 Å². The predicted octanol–water partition coefficient (Wildman–Crippen LogP) is 3.08. The highest BCUT2D eigenvalue weighted by molar-refractivity contribution is 6.31. The summed E-state index contributed by atoms with van der Waals surface area (Å²) in [4.78, 5) is 56.4. The van der Waals surface area contributed by atoms with Crippen molar-refractivity contribution in [2.45, 2.75) is 32.2 Å². The molecule has 3 heterocycles. The number of rotatable bonds is 5. The maximum atomic E-state index is 13.4. The highest BCUT2D eigenvalue weighted by atomic mass is 35.5. The monoisotopic (exact) mass is 508 g/mol. The molecule has 0 aromatic heterocycles. The Bertz CT molecular complexity index is 1220. The summed E-state index contributed by atoms with van der Waals surface area (Å²) in [6.45, 7) is 2.38. The van der Waals surface area contributed by atoms with Crippen LogP contribution >= 0.6 is 11.6 Å². The Morgan fingerprint density at radius 2 is 1.67 bits per heavy atom. The van der Waals surface area contributed by atoms with E-state index in [1.54, 1.807) is 23.1 Å². The Morgan fingerprint density at radius 1 is 0.917 bits per heavy atom. The highest BCUT2D eigenvalue weighted by Crippen LogP contribution is 2.35. The number of nitrogens with zero attached hydrogens (tertiary/aromatic N) is 3. The fraction of sp³-hybridized carbons (Fsp3) is 0.407. The summed E-state index contributed by atoms with van der Waals surface area (Å²) < 4.78 is 0. The van der Waals surface area contributed by atoms with Crippen LogP contribution in [0.25, 0.3) is 0 Å². The molecule has 2 aromatic carbocycles. The Hall–Kier alpha value is -3.39. The molecular formula is C27H29ClN4O4. The number of primary amides is 1. The summed E-state index contributed by atoms with van der Waals surface area (Å²) in [6.07, 6.45) is 2.81. The number of fused-ring (bicyclic) bond motifs is 1. The number of piperidine rings is 2. The van der Waals surface area contributed by atoms with Gasteiger partial charge in [0.2, 0.25) is 11.8 Å². The van der Waals surface area contributed by atoms with Crippen molar-refractivity contribution >= 4 is 40.9 Å². The summed E-state index contributed by atoms with van der Waals surface area (Å²) in [5, 5.41) is 0.511. The number of likely N-dealkylation sites (tertiary alicyclic amines) is 1. The van der Waals surface area contributed by atoms with Crippen molar-refractivity contribution < 1.29 is 19.2 Å². The van der Waals surface area contributed by atoms with Crippen LogP contribution in [0.2, 0.25) is 5.02 Å². The van der Waals surface area contributed by atoms with Gasteiger partial charge in [-0.1, -0.05) is 35.9 Å². The van der Waals surface area contributed by atoms with E-state index in [0.29, 0.717) is 60.7 Å². The summed E-state index contributed by atoms with van der Waals surface area (Å²) in [6, 6.07) is 12.5. The first kappa shape index (κ1) is 24.3. The van der Waals surface area contributed by atoms with E-state index in [2.05, 4.69) is 4.90 Å². The fourth-order valence-corrected chi connectivity index (χ4v) is 5.75. The first-order chi connectivity index (χ1) is 17.3. The molecule has 2 N–H and O–H groups in total. The molecule has 5 rings (SSSR count). The molecule has 1 unspecified atom stereocenters. The van der Waals surface area contributed by atoms with E-state index in [0.717, 1.165) is 18.5 Å². The molecule has 8 nitrogen and oxygen atoms in total. The first-order valence-corrected chi connectivity index (χ1v) is 12.8. The largest absolute Gasteiger partial charge is 0.371 e. The minimum atomic E-state index is -0.344. The summed E-state index contributed by atoms with van der Waals surface area (Å²) >= 11 is 6.27. The lowest BCUT2D eigenvalue weighted by Crippen LogP contribution is -2.48. The van der Waals surface area contributed by atoms with Crippen LogP contribution in [0.3, 0.4) is 0 Å². The molecule has 9 heteroatoms. The minimum Gasteiger partial charge on any atom is -0.371 e. The molecule has 2 saturated heterocycles. The van der Waals surface area contributed by atoms with E-state index >= 15 is 0 Å². The third-order valence-electron chi connectivity index (χ3n) is 7.58. The van der Waals surface area contributed by atoms with E-state index in [9.17, 15) is 19.2 Å². The smallest absolute Gasteiger partial charge is 0.263 e. The molecule has 2 fully saturated rings. The Morgan fingerprint density at radius 3 is 2.39 bits per heavy atom. The van der Waals surface area contributed by atoms with Gasteiger partial charge in [0.05, 0.1) is 29.3 Å². The van der Waals surface area contributed by atoms with Gasteiger partial charge in [-0.15, -0.1) is 0 Å². The van der Waals surface area contributed by atoms with Crippen LogP contribution in [-0.4, -0.2) is 59.6 Å². The molecule has 1 atom stereocenters. The Kier molecular flexibility index (Phi) is 6.71. The fourth-order valence-electron chi connectivity index (χ4n) is 5.55. The lowest BCUT2D eigenvalue weighted by molar-refractivity contribution is -0.139. The molecule has 0 radical (unpaired) electrons. The standard InChI is InChI=1S/C27H29ClN4O4/c28-21-8-2-1-5-18(21)16-32-26(35)20-7-3-9-22(23(20)27(32)36)30-13-10-17(11-14-30)25(34)31-12-4-6-19(15-31)24(29)33/h1-3,5,7-9,17,19H,4,6,10-16H2,(H2,29,33). The molecule has 0 aliphatic carbocycles. The van der Waals surface area contributed by atoms with Gasteiger partial charge < -0.3 is 15.5 Å². The minimum absolute atomic E-state index is 0.0797. The zero-order valence-electron chi connectivity index (χ0n) is 20.0. The number of hydrogen-bond acceptors (Lipinski definition) is 5. The van der Waals surface area contributed by atoms with Crippen molar-refractivity contribution in [1.82, 2.24) is 9.80 Å². The van der Waals surface area contributed by atoms with E-state index in [-0.39, 0.29) is 42.0 Å². The van der Waals surface area contributed by atoms with E-state index in [1.807, 2.05) is 24.3 Å². The SMILES string of the molecule is NC(=O)C1CCCN(C(=O)C2CCN(c3cccc4c3C(=O)N(Cc3ccccc3Cl)C4=O)CC2)C1. The number of benzene rings is 2. The maximum absolute atomic E-state index is 13.4. The van der Waals surface area contributed by atoms with Crippen molar-refractivity contribution in [3.8, 4) is 0 Å². The number of carbonyl (C=O) groups excluding carboxylic acids is 4. The molecule has 3 aliphatic rings. The Balaban J connectivity index is 1.28. The topological polar surface area (TPSA) is 104 Å². The normalized spacial score (nSPS) is 20.6. The van der Waals surface area contributed by atoms with E-state index in [4.69, 9.17) is 17.3 Å². The first-order valence-electron chi connectivity index (χ1n) is 12.4.